The van der Waals surface area contributed by atoms with Crippen LogP contribution >= 0.6 is 0 Å². The summed E-state index contributed by atoms with van der Waals surface area (Å²) in [6.07, 6.45) is 1.83. The van der Waals surface area contributed by atoms with Gasteiger partial charge in [-0.2, -0.15) is 0 Å². The molecule has 0 bridgehead atoms. The number of fused-ring (bicyclic) bond motifs is 1. The Bertz CT molecular complexity index is 509. The molecule has 2 rings (SSSR count). The van der Waals surface area contributed by atoms with Crippen molar-refractivity contribution >= 4 is 11.0 Å². The zero-order valence-corrected chi connectivity index (χ0v) is 10.7. The van der Waals surface area contributed by atoms with Gasteiger partial charge in [0.15, 0.2) is 11.4 Å². The summed E-state index contributed by atoms with van der Waals surface area (Å²) < 4.78 is 24.2. The van der Waals surface area contributed by atoms with Crippen molar-refractivity contribution in [1.29, 1.82) is 0 Å². The van der Waals surface area contributed by atoms with E-state index in [4.69, 9.17) is 9.15 Å². The molecule has 0 aliphatic heterocycles. The van der Waals surface area contributed by atoms with E-state index < -0.39 is 0 Å². The second-order valence-corrected chi connectivity index (χ2v) is 4.28. The zero-order chi connectivity index (χ0) is 13.0. The molecule has 0 spiro atoms. The van der Waals surface area contributed by atoms with E-state index in [1.807, 2.05) is 19.2 Å². The minimum Gasteiger partial charge on any atom is -0.456 e. The van der Waals surface area contributed by atoms with Gasteiger partial charge in [-0.1, -0.05) is 12.1 Å². The largest absolute Gasteiger partial charge is 0.456 e. The fourth-order valence-electron chi connectivity index (χ4n) is 2.08. The van der Waals surface area contributed by atoms with Crippen molar-refractivity contribution in [3.05, 3.63) is 35.8 Å². The molecule has 1 aromatic carbocycles. The molecule has 0 amide bonds. The fourth-order valence-corrected chi connectivity index (χ4v) is 2.08. The van der Waals surface area contributed by atoms with Gasteiger partial charge in [-0.25, -0.2) is 4.39 Å². The Hall–Kier alpha value is -1.39. The molecular formula is C14H18FNO2. The van der Waals surface area contributed by atoms with E-state index in [0.717, 1.165) is 24.0 Å². The van der Waals surface area contributed by atoms with E-state index in [9.17, 15) is 4.39 Å². The van der Waals surface area contributed by atoms with Gasteiger partial charge in [0.2, 0.25) is 0 Å². The monoisotopic (exact) mass is 251 g/mol. The first-order chi connectivity index (χ1) is 8.76. The molecule has 3 nitrogen and oxygen atoms in total. The molecule has 1 N–H and O–H groups in total. The molecule has 4 heteroatoms. The number of nitrogens with one attached hydrogen (secondary N) is 1. The Kier molecular flexibility index (Phi) is 4.33. The van der Waals surface area contributed by atoms with Crippen molar-refractivity contribution < 1.29 is 13.5 Å². The summed E-state index contributed by atoms with van der Waals surface area (Å²) in [4.78, 5) is 0. The van der Waals surface area contributed by atoms with Gasteiger partial charge in [0.05, 0.1) is 6.04 Å². The summed E-state index contributed by atoms with van der Waals surface area (Å²) in [6, 6.07) is 6.94. The average Bonchev–Trinajstić information content (AvgIpc) is 2.80. The first-order valence-corrected chi connectivity index (χ1v) is 6.10. The summed E-state index contributed by atoms with van der Waals surface area (Å²) in [7, 11) is 3.56. The van der Waals surface area contributed by atoms with Crippen LogP contribution in [0.4, 0.5) is 4.39 Å². The van der Waals surface area contributed by atoms with Crippen molar-refractivity contribution in [2.45, 2.75) is 18.9 Å². The molecule has 0 aliphatic rings. The standard InChI is InChI=1S/C14H18FNO2/c1-16-12(7-4-8-17-2)13-9-10-5-3-6-11(15)14(10)18-13/h3,5-6,9,12,16H,4,7-8H2,1-2H3. The van der Waals surface area contributed by atoms with Crippen LogP contribution in [0.2, 0.25) is 0 Å². The third-order valence-corrected chi connectivity index (χ3v) is 3.05. The van der Waals surface area contributed by atoms with Crippen LogP contribution in [0.15, 0.2) is 28.7 Å². The lowest BCUT2D eigenvalue weighted by Gasteiger charge is -2.12. The number of rotatable bonds is 6. The molecule has 1 aromatic heterocycles. The molecule has 0 saturated carbocycles. The van der Waals surface area contributed by atoms with Crippen molar-refractivity contribution in [2.24, 2.45) is 0 Å². The maximum atomic E-state index is 13.5. The first-order valence-electron chi connectivity index (χ1n) is 6.10. The van der Waals surface area contributed by atoms with Crippen LogP contribution in [0.25, 0.3) is 11.0 Å². The Morgan fingerprint density at radius 3 is 2.94 bits per heavy atom. The predicted octanol–water partition coefficient (Wildman–Crippen LogP) is 3.26. The van der Waals surface area contributed by atoms with E-state index >= 15 is 0 Å². The molecule has 98 valence electrons. The first kappa shape index (κ1) is 13.1. The van der Waals surface area contributed by atoms with E-state index in [0.29, 0.717) is 12.2 Å². The highest BCUT2D eigenvalue weighted by Gasteiger charge is 2.15. The SMILES string of the molecule is CNC(CCCOC)c1cc2cccc(F)c2o1. The third-order valence-electron chi connectivity index (χ3n) is 3.05. The number of halogens is 1. The highest BCUT2D eigenvalue weighted by atomic mass is 19.1. The van der Waals surface area contributed by atoms with Crippen molar-refractivity contribution in [3.63, 3.8) is 0 Å². The highest BCUT2D eigenvalue weighted by molar-refractivity contribution is 5.78. The number of methoxy groups -OCH3 is 1. The van der Waals surface area contributed by atoms with E-state index in [1.165, 1.54) is 6.07 Å². The Balaban J connectivity index is 2.20. The number of hydrogen-bond acceptors (Lipinski definition) is 3. The molecule has 18 heavy (non-hydrogen) atoms. The van der Waals surface area contributed by atoms with Gasteiger partial charge in [-0.3, -0.25) is 0 Å². The third kappa shape index (κ3) is 2.71. The lowest BCUT2D eigenvalue weighted by atomic mass is 10.1. The van der Waals surface area contributed by atoms with Crippen LogP contribution < -0.4 is 5.32 Å². The fraction of sp³-hybridized carbons (Fsp3) is 0.429. The van der Waals surface area contributed by atoms with Crippen LogP contribution in [-0.2, 0) is 4.74 Å². The smallest absolute Gasteiger partial charge is 0.169 e. The van der Waals surface area contributed by atoms with Crippen molar-refractivity contribution in [3.8, 4) is 0 Å². The average molecular weight is 251 g/mol. The second kappa shape index (κ2) is 5.98. The van der Waals surface area contributed by atoms with Gasteiger partial charge in [-0.05, 0) is 32.0 Å². The predicted molar refractivity (Wildman–Crippen MR) is 69.1 cm³/mol. The summed E-state index contributed by atoms with van der Waals surface area (Å²) in [5.74, 6) is 0.458. The Morgan fingerprint density at radius 1 is 1.44 bits per heavy atom. The lowest BCUT2D eigenvalue weighted by molar-refractivity contribution is 0.188. The Morgan fingerprint density at radius 2 is 2.28 bits per heavy atom. The van der Waals surface area contributed by atoms with Gasteiger partial charge >= 0.3 is 0 Å². The van der Waals surface area contributed by atoms with Gasteiger partial charge < -0.3 is 14.5 Å². The zero-order valence-electron chi connectivity index (χ0n) is 10.7. The molecule has 0 fully saturated rings. The van der Waals surface area contributed by atoms with Crippen molar-refractivity contribution in [1.82, 2.24) is 5.32 Å². The summed E-state index contributed by atoms with van der Waals surface area (Å²) in [5.41, 5.74) is 0.333. The topological polar surface area (TPSA) is 34.4 Å². The molecule has 1 heterocycles. The minimum atomic E-state index is -0.314. The molecule has 0 saturated heterocycles. The van der Waals surface area contributed by atoms with E-state index in [1.54, 1.807) is 13.2 Å². The number of hydrogen-bond donors (Lipinski definition) is 1. The molecule has 1 unspecified atom stereocenters. The molecular weight excluding hydrogens is 233 g/mol. The van der Waals surface area contributed by atoms with Gasteiger partial charge in [-0.15, -0.1) is 0 Å². The van der Waals surface area contributed by atoms with Crippen LogP contribution in [0, 0.1) is 5.82 Å². The van der Waals surface area contributed by atoms with E-state index in [-0.39, 0.29) is 11.9 Å². The minimum absolute atomic E-state index is 0.0898. The number of para-hydroxylation sites is 1. The molecule has 0 radical (unpaired) electrons. The van der Waals surface area contributed by atoms with E-state index in [2.05, 4.69) is 5.32 Å². The van der Waals surface area contributed by atoms with Crippen LogP contribution in [-0.4, -0.2) is 20.8 Å². The number of benzene rings is 1. The normalized spacial score (nSPS) is 13.1. The summed E-state index contributed by atoms with van der Waals surface area (Å²) in [5, 5.41) is 3.99. The molecule has 2 aromatic rings. The summed E-state index contributed by atoms with van der Waals surface area (Å²) in [6.45, 7) is 0.715. The Labute approximate surface area is 106 Å². The molecule has 0 aliphatic carbocycles. The van der Waals surface area contributed by atoms with Crippen LogP contribution in [0.1, 0.15) is 24.6 Å². The highest BCUT2D eigenvalue weighted by Crippen LogP contribution is 2.27. The maximum Gasteiger partial charge on any atom is 0.169 e. The van der Waals surface area contributed by atoms with Crippen molar-refractivity contribution in [2.75, 3.05) is 20.8 Å². The summed E-state index contributed by atoms with van der Waals surface area (Å²) >= 11 is 0. The second-order valence-electron chi connectivity index (χ2n) is 4.28. The maximum absolute atomic E-state index is 13.5. The number of furan rings is 1. The molecule has 1 atom stereocenters. The quantitative estimate of drug-likeness (QED) is 0.800. The van der Waals surface area contributed by atoms with Gasteiger partial charge in [0.1, 0.15) is 5.76 Å². The van der Waals surface area contributed by atoms with Crippen LogP contribution in [0.3, 0.4) is 0 Å². The van der Waals surface area contributed by atoms with Gasteiger partial charge in [0.25, 0.3) is 0 Å². The van der Waals surface area contributed by atoms with Gasteiger partial charge in [0, 0.05) is 19.1 Å². The number of ether oxygens (including phenoxy) is 1. The van der Waals surface area contributed by atoms with Crippen LogP contribution in [0.5, 0.6) is 0 Å². The lowest BCUT2D eigenvalue weighted by Crippen LogP contribution is -2.16.